The molecule has 2 rings (SSSR count). The Morgan fingerprint density at radius 2 is 1.67 bits per heavy atom. The van der Waals surface area contributed by atoms with Gasteiger partial charge in [0.05, 0.1) is 4.90 Å². The van der Waals surface area contributed by atoms with Gasteiger partial charge in [-0.15, -0.1) is 0 Å². The average molecular weight is 308 g/mol. The van der Waals surface area contributed by atoms with Crippen LogP contribution in [0.4, 0.5) is 4.39 Å². The smallest absolute Gasteiger partial charge is 0.238 e. The van der Waals surface area contributed by atoms with E-state index in [1.807, 2.05) is 6.92 Å². The molecule has 4 nitrogen and oxygen atoms in total. The van der Waals surface area contributed by atoms with Gasteiger partial charge in [-0.2, -0.15) is 0 Å². The first-order valence-corrected chi connectivity index (χ1v) is 8.01. The quantitative estimate of drug-likeness (QED) is 0.890. The SMILES string of the molecule is C[C@H](NCc1ccc(F)cc1)c1ccc(S(N)(=O)=O)cc1. The lowest BCUT2D eigenvalue weighted by atomic mass is 10.1. The summed E-state index contributed by atoms with van der Waals surface area (Å²) in [5.74, 6) is -0.259. The van der Waals surface area contributed by atoms with Crippen molar-refractivity contribution < 1.29 is 12.8 Å². The molecule has 6 heteroatoms. The highest BCUT2D eigenvalue weighted by Gasteiger charge is 2.09. The van der Waals surface area contributed by atoms with E-state index in [2.05, 4.69) is 5.32 Å². The first kappa shape index (κ1) is 15.6. The maximum atomic E-state index is 12.8. The number of benzene rings is 2. The van der Waals surface area contributed by atoms with Gasteiger partial charge in [-0.05, 0) is 42.3 Å². The van der Waals surface area contributed by atoms with E-state index in [1.54, 1.807) is 24.3 Å². The fourth-order valence-corrected chi connectivity index (χ4v) is 2.45. The third-order valence-electron chi connectivity index (χ3n) is 3.23. The maximum absolute atomic E-state index is 12.8. The molecule has 21 heavy (non-hydrogen) atoms. The molecule has 0 heterocycles. The van der Waals surface area contributed by atoms with Crippen molar-refractivity contribution in [3.8, 4) is 0 Å². The van der Waals surface area contributed by atoms with Crippen molar-refractivity contribution in [2.45, 2.75) is 24.4 Å². The van der Waals surface area contributed by atoms with Gasteiger partial charge in [-0.3, -0.25) is 0 Å². The summed E-state index contributed by atoms with van der Waals surface area (Å²) in [4.78, 5) is 0.0944. The van der Waals surface area contributed by atoms with Crippen LogP contribution in [-0.4, -0.2) is 8.42 Å². The van der Waals surface area contributed by atoms with Crippen LogP contribution in [0.5, 0.6) is 0 Å². The van der Waals surface area contributed by atoms with Crippen molar-refractivity contribution in [2.75, 3.05) is 0 Å². The molecular weight excluding hydrogens is 291 g/mol. The molecule has 112 valence electrons. The average Bonchev–Trinajstić information content (AvgIpc) is 2.45. The second kappa shape index (κ2) is 6.34. The molecule has 0 aliphatic heterocycles. The third-order valence-corrected chi connectivity index (χ3v) is 4.16. The van der Waals surface area contributed by atoms with Gasteiger partial charge in [-0.1, -0.05) is 24.3 Å². The molecular formula is C15H17FN2O2S. The summed E-state index contributed by atoms with van der Waals surface area (Å²) >= 11 is 0. The van der Waals surface area contributed by atoms with Gasteiger partial charge in [0.25, 0.3) is 0 Å². The standard InChI is InChI=1S/C15H17FN2O2S/c1-11(18-10-12-2-6-14(16)7-3-12)13-4-8-15(9-5-13)21(17,19)20/h2-9,11,18H,10H2,1H3,(H2,17,19,20)/t11-/m0/s1. The van der Waals surface area contributed by atoms with Gasteiger partial charge < -0.3 is 5.32 Å². The van der Waals surface area contributed by atoms with Gasteiger partial charge in [0.2, 0.25) is 10.0 Å². The Bertz CT molecular complexity index is 697. The molecule has 0 aliphatic rings. The highest BCUT2D eigenvalue weighted by molar-refractivity contribution is 7.89. The lowest BCUT2D eigenvalue weighted by Crippen LogP contribution is -2.18. The normalized spacial score (nSPS) is 13.1. The molecule has 0 aliphatic carbocycles. The van der Waals surface area contributed by atoms with E-state index in [0.29, 0.717) is 6.54 Å². The zero-order valence-electron chi connectivity index (χ0n) is 11.6. The zero-order chi connectivity index (χ0) is 15.5. The summed E-state index contributed by atoms with van der Waals surface area (Å²) in [6.45, 7) is 2.56. The number of hydrogen-bond donors (Lipinski definition) is 2. The van der Waals surface area contributed by atoms with Crippen molar-refractivity contribution >= 4 is 10.0 Å². The van der Waals surface area contributed by atoms with E-state index in [9.17, 15) is 12.8 Å². The van der Waals surface area contributed by atoms with Crippen LogP contribution in [0.1, 0.15) is 24.1 Å². The number of nitrogens with one attached hydrogen (secondary N) is 1. The number of sulfonamides is 1. The predicted octanol–water partition coefficient (Wildman–Crippen LogP) is 2.32. The molecule has 0 amide bonds. The van der Waals surface area contributed by atoms with Crippen LogP contribution < -0.4 is 10.5 Å². The summed E-state index contributed by atoms with van der Waals surface area (Å²) in [6, 6.07) is 12.7. The molecule has 2 aromatic carbocycles. The molecule has 0 spiro atoms. The van der Waals surface area contributed by atoms with Crippen molar-refractivity contribution in [1.29, 1.82) is 0 Å². The predicted molar refractivity (Wildman–Crippen MR) is 79.5 cm³/mol. The highest BCUT2D eigenvalue weighted by Crippen LogP contribution is 2.16. The van der Waals surface area contributed by atoms with E-state index in [4.69, 9.17) is 5.14 Å². The van der Waals surface area contributed by atoms with Crippen LogP contribution in [0.2, 0.25) is 0 Å². The van der Waals surface area contributed by atoms with Crippen LogP contribution in [0, 0.1) is 5.82 Å². The molecule has 0 saturated heterocycles. The van der Waals surface area contributed by atoms with Gasteiger partial charge >= 0.3 is 0 Å². The molecule has 0 fully saturated rings. The topological polar surface area (TPSA) is 72.2 Å². The van der Waals surface area contributed by atoms with Crippen molar-refractivity contribution in [3.63, 3.8) is 0 Å². The van der Waals surface area contributed by atoms with Crippen LogP contribution in [-0.2, 0) is 16.6 Å². The highest BCUT2D eigenvalue weighted by atomic mass is 32.2. The molecule has 0 unspecified atom stereocenters. The molecule has 0 radical (unpaired) electrons. The fraction of sp³-hybridized carbons (Fsp3) is 0.200. The fourth-order valence-electron chi connectivity index (χ4n) is 1.94. The van der Waals surface area contributed by atoms with Crippen LogP contribution in [0.15, 0.2) is 53.4 Å². The Balaban J connectivity index is 2.00. The van der Waals surface area contributed by atoms with Crippen LogP contribution >= 0.6 is 0 Å². The lowest BCUT2D eigenvalue weighted by molar-refractivity contribution is 0.572. The monoisotopic (exact) mass is 308 g/mol. The molecule has 3 N–H and O–H groups in total. The third kappa shape index (κ3) is 4.35. The Labute approximate surface area is 123 Å². The Morgan fingerprint density at radius 3 is 2.19 bits per heavy atom. The number of hydrogen-bond acceptors (Lipinski definition) is 3. The summed E-state index contributed by atoms with van der Waals surface area (Å²) in [5, 5.41) is 8.35. The first-order valence-electron chi connectivity index (χ1n) is 6.47. The Hall–Kier alpha value is -1.76. The van der Waals surface area contributed by atoms with Crippen molar-refractivity contribution in [3.05, 3.63) is 65.5 Å². The van der Waals surface area contributed by atoms with E-state index >= 15 is 0 Å². The summed E-state index contributed by atoms with van der Waals surface area (Å²) in [6.07, 6.45) is 0. The number of primary sulfonamides is 1. The molecule has 0 saturated carbocycles. The second-order valence-electron chi connectivity index (χ2n) is 4.84. The van der Waals surface area contributed by atoms with E-state index in [-0.39, 0.29) is 16.8 Å². The molecule has 0 bridgehead atoms. The van der Waals surface area contributed by atoms with E-state index in [0.717, 1.165) is 11.1 Å². The minimum Gasteiger partial charge on any atom is -0.306 e. The lowest BCUT2D eigenvalue weighted by Gasteiger charge is -2.14. The molecule has 2 aromatic rings. The van der Waals surface area contributed by atoms with Crippen LogP contribution in [0.25, 0.3) is 0 Å². The first-order chi connectivity index (χ1) is 9.86. The van der Waals surface area contributed by atoms with Crippen molar-refractivity contribution in [2.24, 2.45) is 5.14 Å². The number of nitrogens with two attached hydrogens (primary N) is 1. The minimum absolute atomic E-state index is 0.0320. The van der Waals surface area contributed by atoms with Gasteiger partial charge in [0.1, 0.15) is 5.82 Å². The van der Waals surface area contributed by atoms with Crippen LogP contribution in [0.3, 0.4) is 0 Å². The van der Waals surface area contributed by atoms with Gasteiger partial charge in [0, 0.05) is 12.6 Å². The summed E-state index contributed by atoms with van der Waals surface area (Å²) < 4.78 is 35.2. The van der Waals surface area contributed by atoms with Gasteiger partial charge in [-0.25, -0.2) is 17.9 Å². The summed E-state index contributed by atoms with van der Waals surface area (Å²) in [5.41, 5.74) is 1.92. The molecule has 0 aromatic heterocycles. The van der Waals surface area contributed by atoms with Crippen molar-refractivity contribution in [1.82, 2.24) is 5.32 Å². The Morgan fingerprint density at radius 1 is 1.10 bits per heavy atom. The maximum Gasteiger partial charge on any atom is 0.238 e. The molecule has 1 atom stereocenters. The minimum atomic E-state index is -3.66. The second-order valence-corrected chi connectivity index (χ2v) is 6.40. The number of halogens is 1. The summed E-state index contributed by atoms with van der Waals surface area (Å²) in [7, 11) is -3.66. The van der Waals surface area contributed by atoms with E-state index < -0.39 is 10.0 Å². The van der Waals surface area contributed by atoms with Gasteiger partial charge in [0.15, 0.2) is 0 Å². The van der Waals surface area contributed by atoms with E-state index in [1.165, 1.54) is 24.3 Å². The largest absolute Gasteiger partial charge is 0.306 e. The zero-order valence-corrected chi connectivity index (χ0v) is 12.4. The Kier molecular flexibility index (Phi) is 4.72. The number of rotatable bonds is 5.